The van der Waals surface area contributed by atoms with E-state index in [-0.39, 0.29) is 6.61 Å². The van der Waals surface area contributed by atoms with Crippen molar-refractivity contribution < 1.29 is 19.8 Å². The summed E-state index contributed by atoms with van der Waals surface area (Å²) in [4.78, 5) is 23.4. The highest BCUT2D eigenvalue weighted by atomic mass is 16.6. The number of allylic oxidation sites excluding steroid dienone is 1. The number of aliphatic hydroxyl groups excluding tert-OH is 2. The zero-order chi connectivity index (χ0) is 29.1. The average Bonchev–Trinajstić information content (AvgIpc) is 3.31. The smallest absolute Gasteiger partial charge is 0.142 e. The monoisotopic (exact) mass is 554 g/mol. The first-order chi connectivity index (χ1) is 19.8. The largest absolute Gasteiger partial charge is 0.496 e. The zero-order valence-electron chi connectivity index (χ0n) is 23.8. The van der Waals surface area contributed by atoms with Crippen LogP contribution in [-0.2, 0) is 4.84 Å². The molecular weight excluding hydrogens is 520 g/mol. The molecule has 0 radical (unpaired) electrons. The lowest BCUT2D eigenvalue weighted by Gasteiger charge is -2.13. The lowest BCUT2D eigenvalue weighted by atomic mass is 10.0. The minimum absolute atomic E-state index is 0.281. The van der Waals surface area contributed by atoms with Gasteiger partial charge in [-0.15, -0.1) is 0 Å². The van der Waals surface area contributed by atoms with Gasteiger partial charge in [0.15, 0.2) is 0 Å². The summed E-state index contributed by atoms with van der Waals surface area (Å²) in [5, 5.41) is 29.0. The molecule has 5 aromatic rings. The van der Waals surface area contributed by atoms with Crippen molar-refractivity contribution in [3.8, 4) is 17.0 Å². The summed E-state index contributed by atoms with van der Waals surface area (Å²) in [6.45, 7) is 7.64. The second-order valence-corrected chi connectivity index (χ2v) is 10.1. The fourth-order valence-electron chi connectivity index (χ4n) is 4.77. The van der Waals surface area contributed by atoms with Crippen molar-refractivity contribution in [2.45, 2.75) is 40.2 Å². The second kappa shape index (κ2) is 11.9. The Labute approximate surface area is 237 Å². The molecule has 0 saturated carbocycles. The molecule has 2 aromatic carbocycles. The maximum absolute atomic E-state index is 9.77. The van der Waals surface area contributed by atoms with E-state index in [0.29, 0.717) is 41.8 Å². The molecule has 0 spiro atoms. The number of aliphatic hydroxyl groups is 2. The molecule has 41 heavy (non-hydrogen) atoms. The van der Waals surface area contributed by atoms with E-state index in [0.717, 1.165) is 49.7 Å². The first kappa shape index (κ1) is 28.0. The van der Waals surface area contributed by atoms with Crippen LogP contribution < -0.4 is 10.1 Å². The van der Waals surface area contributed by atoms with Crippen LogP contribution in [0.4, 0.5) is 5.82 Å². The van der Waals surface area contributed by atoms with E-state index in [1.54, 1.807) is 7.11 Å². The van der Waals surface area contributed by atoms with Gasteiger partial charge in [-0.25, -0.2) is 15.0 Å². The number of aryl methyl sites for hydroxylation is 1. The number of pyridine rings is 1. The number of fused-ring (bicyclic) bond motifs is 4. The van der Waals surface area contributed by atoms with E-state index in [1.807, 2.05) is 76.2 Å². The summed E-state index contributed by atoms with van der Waals surface area (Å²) in [6.07, 6.45) is 1.49. The number of rotatable bonds is 10. The van der Waals surface area contributed by atoms with Gasteiger partial charge in [0.2, 0.25) is 0 Å². The lowest BCUT2D eigenvalue weighted by molar-refractivity contribution is 0.0911. The highest BCUT2D eigenvalue weighted by molar-refractivity contribution is 6.15. The molecule has 0 aliphatic heterocycles. The summed E-state index contributed by atoms with van der Waals surface area (Å²) in [5.74, 6) is 2.59. The fraction of sp³-hybridized carbons (Fsp3) is 0.290. The van der Waals surface area contributed by atoms with Gasteiger partial charge in [-0.1, -0.05) is 23.4 Å². The van der Waals surface area contributed by atoms with Gasteiger partial charge in [-0.05, 0) is 64.5 Å². The summed E-state index contributed by atoms with van der Waals surface area (Å²) in [7, 11) is 1.64. The predicted molar refractivity (Wildman–Crippen MR) is 163 cm³/mol. The molecule has 0 bridgehead atoms. The van der Waals surface area contributed by atoms with Crippen molar-refractivity contribution in [2.24, 2.45) is 5.16 Å². The first-order valence-electron chi connectivity index (χ1n) is 13.4. The molecule has 0 saturated heterocycles. The molecule has 0 amide bonds. The summed E-state index contributed by atoms with van der Waals surface area (Å²) >= 11 is 0. The third-order valence-electron chi connectivity index (χ3n) is 6.61. The van der Waals surface area contributed by atoms with Crippen molar-refractivity contribution >= 4 is 50.4 Å². The van der Waals surface area contributed by atoms with Crippen LogP contribution in [0.1, 0.15) is 38.6 Å². The lowest BCUT2D eigenvalue weighted by Crippen LogP contribution is -2.17. The quantitative estimate of drug-likeness (QED) is 0.0999. The van der Waals surface area contributed by atoms with E-state index in [9.17, 15) is 5.11 Å². The Hall–Kier alpha value is -4.54. The SMILES string of the molecule is COc1cc2c(cc1/C=C(\C)ON=C(C)C)[nH]c1nc(C)nc(-c3cc(NCCC(O)CO)nc4ccccc34)c12. The Balaban J connectivity index is 1.69. The van der Waals surface area contributed by atoms with Gasteiger partial charge in [-0.3, -0.25) is 0 Å². The number of nitrogens with one attached hydrogen (secondary N) is 2. The van der Waals surface area contributed by atoms with Crippen molar-refractivity contribution in [2.75, 3.05) is 25.6 Å². The number of oxime groups is 1. The van der Waals surface area contributed by atoms with Gasteiger partial charge < -0.3 is 30.1 Å². The van der Waals surface area contributed by atoms with Crippen LogP contribution in [0, 0.1) is 6.92 Å². The molecule has 3 heterocycles. The number of ether oxygens (including phenoxy) is 1. The number of hydrogen-bond acceptors (Lipinski definition) is 9. The molecule has 5 rings (SSSR count). The minimum atomic E-state index is -0.786. The highest BCUT2D eigenvalue weighted by Gasteiger charge is 2.19. The molecule has 0 aliphatic rings. The van der Waals surface area contributed by atoms with Gasteiger partial charge in [0.1, 0.15) is 28.8 Å². The van der Waals surface area contributed by atoms with Crippen molar-refractivity contribution in [3.05, 3.63) is 59.6 Å². The molecule has 1 atom stereocenters. The Morgan fingerprint density at radius 3 is 2.66 bits per heavy atom. The Bertz CT molecular complexity index is 1790. The summed E-state index contributed by atoms with van der Waals surface area (Å²) in [5.41, 5.74) is 5.74. The number of benzene rings is 2. The van der Waals surface area contributed by atoms with E-state index >= 15 is 0 Å². The van der Waals surface area contributed by atoms with Crippen molar-refractivity contribution in [1.82, 2.24) is 19.9 Å². The van der Waals surface area contributed by atoms with Crippen LogP contribution in [0.2, 0.25) is 0 Å². The first-order valence-corrected chi connectivity index (χ1v) is 13.4. The maximum atomic E-state index is 9.77. The Morgan fingerprint density at radius 1 is 1.10 bits per heavy atom. The molecule has 0 fully saturated rings. The van der Waals surface area contributed by atoms with Crippen LogP contribution >= 0.6 is 0 Å². The number of aromatic amines is 1. The van der Waals surface area contributed by atoms with E-state index in [2.05, 4.69) is 15.5 Å². The normalized spacial score (nSPS) is 12.6. The Morgan fingerprint density at radius 2 is 1.90 bits per heavy atom. The average molecular weight is 555 g/mol. The predicted octanol–water partition coefficient (Wildman–Crippen LogP) is 5.57. The van der Waals surface area contributed by atoms with E-state index in [1.165, 1.54) is 0 Å². The Kier molecular flexibility index (Phi) is 8.14. The summed E-state index contributed by atoms with van der Waals surface area (Å²) < 4.78 is 5.78. The van der Waals surface area contributed by atoms with Gasteiger partial charge in [0.05, 0.1) is 42.1 Å². The molecular formula is C31H34N6O4. The minimum Gasteiger partial charge on any atom is -0.496 e. The van der Waals surface area contributed by atoms with Crippen LogP contribution in [0.3, 0.4) is 0 Å². The van der Waals surface area contributed by atoms with E-state index < -0.39 is 6.10 Å². The molecule has 1 unspecified atom stereocenters. The number of nitrogens with zero attached hydrogens (tertiary/aromatic N) is 4. The van der Waals surface area contributed by atoms with E-state index in [4.69, 9.17) is 29.6 Å². The maximum Gasteiger partial charge on any atom is 0.142 e. The standard InChI is InChI=1S/C31H34N6O4/c1-17(2)37-41-18(3)12-20-13-26-24(14-27(20)40-5)29-30(33-19(4)34-31(29)36-26)23-15-28(32-11-10-21(39)16-38)35-25-9-7-6-8-22(23)25/h6-9,12-15,21,38-39H,10-11,16H2,1-5H3,(H,32,35)(H,33,34,36)/b18-12+. The summed E-state index contributed by atoms with van der Waals surface area (Å²) in [6, 6.07) is 13.9. The van der Waals surface area contributed by atoms with Gasteiger partial charge in [0.25, 0.3) is 0 Å². The number of anilines is 1. The molecule has 212 valence electrons. The number of para-hydroxylation sites is 1. The fourth-order valence-corrected chi connectivity index (χ4v) is 4.77. The van der Waals surface area contributed by atoms with Gasteiger partial charge >= 0.3 is 0 Å². The van der Waals surface area contributed by atoms with Crippen LogP contribution in [-0.4, -0.2) is 62.2 Å². The number of aromatic nitrogens is 4. The number of H-pyrrole nitrogens is 1. The molecule has 3 aromatic heterocycles. The van der Waals surface area contributed by atoms with Crippen LogP contribution in [0.15, 0.2) is 53.4 Å². The van der Waals surface area contributed by atoms with Crippen molar-refractivity contribution in [3.63, 3.8) is 0 Å². The zero-order valence-corrected chi connectivity index (χ0v) is 23.8. The number of methoxy groups -OCH3 is 1. The molecule has 10 nitrogen and oxygen atoms in total. The second-order valence-electron chi connectivity index (χ2n) is 10.1. The van der Waals surface area contributed by atoms with Crippen LogP contribution in [0.5, 0.6) is 5.75 Å². The van der Waals surface area contributed by atoms with Gasteiger partial charge in [0, 0.05) is 34.0 Å². The third-order valence-corrected chi connectivity index (χ3v) is 6.61. The number of hydrogen-bond donors (Lipinski definition) is 4. The third kappa shape index (κ3) is 5.98. The van der Waals surface area contributed by atoms with Crippen LogP contribution in [0.25, 0.3) is 50.2 Å². The topological polar surface area (TPSA) is 138 Å². The molecule has 0 aliphatic carbocycles. The van der Waals surface area contributed by atoms with Crippen molar-refractivity contribution in [1.29, 1.82) is 0 Å². The van der Waals surface area contributed by atoms with Gasteiger partial charge in [-0.2, -0.15) is 0 Å². The molecule has 10 heteroatoms. The highest BCUT2D eigenvalue weighted by Crippen LogP contribution is 2.39. The molecule has 4 N–H and O–H groups in total.